The van der Waals surface area contributed by atoms with E-state index in [2.05, 4.69) is 60.3 Å². The number of aliphatic imine (C=N–C) groups is 1. The van der Waals surface area contributed by atoms with Crippen LogP contribution in [0.5, 0.6) is 0 Å². The van der Waals surface area contributed by atoms with Crippen LogP contribution in [0.15, 0.2) is 4.99 Å². The third kappa shape index (κ3) is 4.95. The number of thiazole rings is 1. The van der Waals surface area contributed by atoms with Gasteiger partial charge >= 0.3 is 0 Å². The quantitative estimate of drug-likeness (QED) is 0.597. The van der Waals surface area contributed by atoms with Crippen LogP contribution in [-0.2, 0) is 6.54 Å². The maximum Gasteiger partial charge on any atom is 0.191 e. The highest BCUT2D eigenvalue weighted by Gasteiger charge is 2.28. The third-order valence-electron chi connectivity index (χ3n) is 4.17. The highest BCUT2D eigenvalue weighted by atomic mass is 32.1. The van der Waals surface area contributed by atoms with Crippen LogP contribution in [0.4, 0.5) is 0 Å². The van der Waals surface area contributed by atoms with E-state index < -0.39 is 0 Å². The normalized spacial score (nSPS) is 16.9. The van der Waals surface area contributed by atoms with Gasteiger partial charge in [0, 0.05) is 30.1 Å². The van der Waals surface area contributed by atoms with Gasteiger partial charge in [-0.25, -0.2) is 9.98 Å². The lowest BCUT2D eigenvalue weighted by Crippen LogP contribution is -2.45. The van der Waals surface area contributed by atoms with E-state index in [1.54, 1.807) is 11.3 Å². The molecule has 2 rings (SSSR count). The summed E-state index contributed by atoms with van der Waals surface area (Å²) in [6, 6.07) is 1.30. The molecule has 1 aromatic heterocycles. The van der Waals surface area contributed by atoms with Crippen LogP contribution in [-0.4, -0.2) is 48.1 Å². The molecular formula is C16H29N5S. The van der Waals surface area contributed by atoms with Crippen LogP contribution in [0, 0.1) is 13.8 Å². The molecule has 0 bridgehead atoms. The Kier molecular flexibility index (Phi) is 6.20. The zero-order valence-corrected chi connectivity index (χ0v) is 15.3. The minimum absolute atomic E-state index is 0.515. The van der Waals surface area contributed by atoms with Gasteiger partial charge < -0.3 is 10.6 Å². The molecule has 1 fully saturated rings. The molecule has 5 nitrogen and oxygen atoms in total. The number of rotatable bonds is 7. The standard InChI is InChI=1S/C16H29N5S/c1-6-17-16(18-9-11(2)21(5)14-7-8-14)19-10-15-20-12(3)13(4)22-15/h11,14H,6-10H2,1-5H3,(H2,17,18,19). The summed E-state index contributed by atoms with van der Waals surface area (Å²) in [7, 11) is 2.22. The fourth-order valence-electron chi connectivity index (χ4n) is 2.33. The maximum atomic E-state index is 4.65. The van der Waals surface area contributed by atoms with Crippen LogP contribution in [0.3, 0.4) is 0 Å². The van der Waals surface area contributed by atoms with Gasteiger partial charge in [-0.1, -0.05) is 0 Å². The summed E-state index contributed by atoms with van der Waals surface area (Å²) in [5.41, 5.74) is 1.12. The first-order chi connectivity index (χ1) is 10.5. The number of aryl methyl sites for hydroxylation is 2. The molecule has 0 saturated heterocycles. The van der Waals surface area contributed by atoms with Crippen molar-refractivity contribution in [2.75, 3.05) is 20.1 Å². The lowest BCUT2D eigenvalue weighted by atomic mass is 10.3. The number of hydrogen-bond acceptors (Lipinski definition) is 4. The molecule has 22 heavy (non-hydrogen) atoms. The second-order valence-electron chi connectivity index (χ2n) is 6.07. The van der Waals surface area contributed by atoms with Gasteiger partial charge in [-0.05, 0) is 47.6 Å². The van der Waals surface area contributed by atoms with Crippen LogP contribution in [0.1, 0.15) is 42.3 Å². The molecule has 0 radical (unpaired) electrons. The van der Waals surface area contributed by atoms with Gasteiger partial charge in [-0.15, -0.1) is 11.3 Å². The Balaban J connectivity index is 1.86. The van der Waals surface area contributed by atoms with Crippen molar-refractivity contribution in [2.45, 2.75) is 59.2 Å². The molecule has 124 valence electrons. The first-order valence-corrected chi connectivity index (χ1v) is 9.00. The number of likely N-dealkylation sites (N-methyl/N-ethyl adjacent to an activating group) is 1. The van der Waals surface area contributed by atoms with Gasteiger partial charge in [0.15, 0.2) is 5.96 Å². The topological polar surface area (TPSA) is 52.6 Å². The zero-order chi connectivity index (χ0) is 16.1. The predicted molar refractivity (Wildman–Crippen MR) is 94.7 cm³/mol. The third-order valence-corrected chi connectivity index (χ3v) is 5.23. The first-order valence-electron chi connectivity index (χ1n) is 8.18. The van der Waals surface area contributed by atoms with Gasteiger partial charge in [-0.2, -0.15) is 0 Å². The predicted octanol–water partition coefficient (Wildman–Crippen LogP) is 2.30. The van der Waals surface area contributed by atoms with Gasteiger partial charge in [0.05, 0.1) is 12.2 Å². The van der Waals surface area contributed by atoms with Crippen molar-refractivity contribution in [3.63, 3.8) is 0 Å². The smallest absolute Gasteiger partial charge is 0.191 e. The second-order valence-corrected chi connectivity index (χ2v) is 7.36. The Hall–Kier alpha value is -1.14. The summed E-state index contributed by atoms with van der Waals surface area (Å²) in [6.45, 7) is 10.9. The second kappa shape index (κ2) is 7.92. The summed E-state index contributed by atoms with van der Waals surface area (Å²) < 4.78 is 0. The van der Waals surface area contributed by atoms with E-state index in [0.29, 0.717) is 12.6 Å². The van der Waals surface area contributed by atoms with Crippen LogP contribution in [0.2, 0.25) is 0 Å². The Morgan fingerprint density at radius 3 is 2.68 bits per heavy atom. The van der Waals surface area contributed by atoms with E-state index in [1.807, 2.05) is 0 Å². The molecule has 0 amide bonds. The lowest BCUT2D eigenvalue weighted by molar-refractivity contribution is 0.247. The SMILES string of the molecule is CCNC(=NCc1nc(C)c(C)s1)NCC(C)N(C)C1CC1. The van der Waals surface area contributed by atoms with Gasteiger partial charge in [0.25, 0.3) is 0 Å². The number of hydrogen-bond donors (Lipinski definition) is 2. The van der Waals surface area contributed by atoms with Crippen molar-refractivity contribution in [1.82, 2.24) is 20.5 Å². The average Bonchev–Trinajstić information content (AvgIpc) is 3.28. The van der Waals surface area contributed by atoms with Crippen molar-refractivity contribution < 1.29 is 0 Å². The molecule has 6 heteroatoms. The molecule has 1 heterocycles. The van der Waals surface area contributed by atoms with E-state index >= 15 is 0 Å². The van der Waals surface area contributed by atoms with Gasteiger partial charge in [0.2, 0.25) is 0 Å². The van der Waals surface area contributed by atoms with Crippen molar-refractivity contribution in [3.8, 4) is 0 Å². The molecule has 1 unspecified atom stereocenters. The molecule has 0 spiro atoms. The number of nitrogens with zero attached hydrogens (tertiary/aromatic N) is 3. The number of aromatic nitrogens is 1. The molecule has 2 N–H and O–H groups in total. The molecule has 0 aliphatic heterocycles. The average molecular weight is 324 g/mol. The van der Waals surface area contributed by atoms with E-state index in [4.69, 9.17) is 0 Å². The molecule has 1 aliphatic carbocycles. The van der Waals surface area contributed by atoms with Crippen LogP contribution < -0.4 is 10.6 Å². The monoisotopic (exact) mass is 323 g/mol. The summed E-state index contributed by atoms with van der Waals surface area (Å²) >= 11 is 1.73. The van der Waals surface area contributed by atoms with Gasteiger partial charge in [-0.3, -0.25) is 4.90 Å². The Morgan fingerprint density at radius 1 is 1.41 bits per heavy atom. The highest BCUT2D eigenvalue weighted by Crippen LogP contribution is 2.26. The minimum atomic E-state index is 0.515. The lowest BCUT2D eigenvalue weighted by Gasteiger charge is -2.25. The number of guanidine groups is 1. The highest BCUT2D eigenvalue weighted by molar-refractivity contribution is 7.11. The minimum Gasteiger partial charge on any atom is -0.357 e. The Bertz CT molecular complexity index is 487. The molecular weight excluding hydrogens is 294 g/mol. The van der Waals surface area contributed by atoms with Crippen molar-refractivity contribution >= 4 is 17.3 Å². The van der Waals surface area contributed by atoms with Crippen LogP contribution in [0.25, 0.3) is 0 Å². The van der Waals surface area contributed by atoms with Crippen molar-refractivity contribution in [1.29, 1.82) is 0 Å². The largest absolute Gasteiger partial charge is 0.357 e. The van der Waals surface area contributed by atoms with Gasteiger partial charge in [0.1, 0.15) is 5.01 Å². The van der Waals surface area contributed by atoms with E-state index in [-0.39, 0.29) is 0 Å². The molecule has 0 aromatic carbocycles. The Morgan fingerprint density at radius 2 is 2.14 bits per heavy atom. The first kappa shape index (κ1) is 17.2. The van der Waals surface area contributed by atoms with E-state index in [9.17, 15) is 0 Å². The van der Waals surface area contributed by atoms with Crippen LogP contribution >= 0.6 is 11.3 Å². The molecule has 1 aliphatic rings. The molecule has 1 aromatic rings. The fourth-order valence-corrected chi connectivity index (χ4v) is 3.18. The summed E-state index contributed by atoms with van der Waals surface area (Å²) in [5.74, 6) is 0.879. The summed E-state index contributed by atoms with van der Waals surface area (Å²) in [4.78, 5) is 12.9. The number of nitrogens with one attached hydrogen (secondary N) is 2. The summed E-state index contributed by atoms with van der Waals surface area (Å²) in [6.07, 6.45) is 2.69. The molecule has 1 atom stereocenters. The summed E-state index contributed by atoms with van der Waals surface area (Å²) in [5, 5.41) is 7.84. The fraction of sp³-hybridized carbons (Fsp3) is 0.750. The maximum absolute atomic E-state index is 4.65. The van der Waals surface area contributed by atoms with Crippen molar-refractivity contribution in [3.05, 3.63) is 15.6 Å². The Labute approximate surface area is 138 Å². The van der Waals surface area contributed by atoms with Crippen molar-refractivity contribution in [2.24, 2.45) is 4.99 Å². The zero-order valence-electron chi connectivity index (χ0n) is 14.4. The van der Waals surface area contributed by atoms with E-state index in [0.717, 1.165) is 35.8 Å². The molecule has 1 saturated carbocycles. The van der Waals surface area contributed by atoms with E-state index in [1.165, 1.54) is 17.7 Å².